The zero-order valence-electron chi connectivity index (χ0n) is 8.31. The lowest BCUT2D eigenvalue weighted by Crippen LogP contribution is -2.12. The Morgan fingerprint density at radius 1 is 1.41 bits per heavy atom. The molecule has 0 fully saturated rings. The summed E-state index contributed by atoms with van der Waals surface area (Å²) < 4.78 is 26.9. The number of aromatic amines is 1. The predicted octanol–water partition coefficient (Wildman–Crippen LogP) is 2.63. The third-order valence-corrected chi connectivity index (χ3v) is 4.11. The van der Waals surface area contributed by atoms with Gasteiger partial charge in [-0.25, -0.2) is 8.42 Å². The molecule has 2 rings (SSSR count). The van der Waals surface area contributed by atoms with Crippen LogP contribution in [0.25, 0.3) is 0 Å². The van der Waals surface area contributed by atoms with Crippen LogP contribution in [0.2, 0.25) is 5.02 Å². The molecule has 0 atom stereocenters. The Labute approximate surface area is 111 Å². The second-order valence-electron chi connectivity index (χ2n) is 3.16. The number of anilines is 1. The van der Waals surface area contributed by atoms with Crippen LogP contribution in [-0.2, 0) is 10.0 Å². The topological polar surface area (TPSA) is 74.8 Å². The second-order valence-corrected chi connectivity index (χ2v) is 6.17. The average Bonchev–Trinajstić information content (AvgIpc) is 2.77. The lowest BCUT2D eigenvalue weighted by molar-refractivity contribution is 0.601. The molecule has 8 heteroatoms. The Balaban J connectivity index is 2.36. The van der Waals surface area contributed by atoms with Gasteiger partial charge in [0.1, 0.15) is 4.90 Å². The van der Waals surface area contributed by atoms with Crippen LogP contribution in [0.4, 0.5) is 5.69 Å². The summed E-state index contributed by atoms with van der Waals surface area (Å²) in [4.78, 5) is 0.0496. The van der Waals surface area contributed by atoms with E-state index in [4.69, 9.17) is 11.6 Å². The smallest absolute Gasteiger partial charge is 0.265 e. The van der Waals surface area contributed by atoms with Crippen molar-refractivity contribution in [1.82, 2.24) is 10.2 Å². The number of nitrogens with zero attached hydrogens (tertiary/aromatic N) is 1. The number of hydrogen-bond donors (Lipinski definition) is 2. The van der Waals surface area contributed by atoms with Crippen LogP contribution in [-0.4, -0.2) is 18.6 Å². The van der Waals surface area contributed by atoms with Crippen molar-refractivity contribution in [2.45, 2.75) is 4.90 Å². The zero-order chi connectivity index (χ0) is 12.5. The Bertz CT molecular complexity index is 628. The first-order valence-corrected chi connectivity index (χ1v) is 7.11. The lowest BCUT2D eigenvalue weighted by Gasteiger charge is -2.08. The van der Waals surface area contributed by atoms with Crippen LogP contribution in [0, 0.1) is 0 Å². The number of rotatable bonds is 3. The fourth-order valence-electron chi connectivity index (χ4n) is 1.17. The van der Waals surface area contributed by atoms with Gasteiger partial charge < -0.3 is 0 Å². The van der Waals surface area contributed by atoms with Gasteiger partial charge in [-0.1, -0.05) is 27.5 Å². The maximum absolute atomic E-state index is 11.9. The van der Waals surface area contributed by atoms with E-state index in [0.29, 0.717) is 10.7 Å². The van der Waals surface area contributed by atoms with E-state index in [-0.39, 0.29) is 4.90 Å². The van der Waals surface area contributed by atoms with Gasteiger partial charge in [-0.15, -0.1) is 0 Å². The van der Waals surface area contributed by atoms with Gasteiger partial charge in [0.2, 0.25) is 0 Å². The summed E-state index contributed by atoms with van der Waals surface area (Å²) in [7, 11) is -3.66. The fraction of sp³-hybridized carbons (Fsp3) is 0. The molecular weight excluding hydrogens is 330 g/mol. The molecule has 0 saturated heterocycles. The molecule has 0 spiro atoms. The van der Waals surface area contributed by atoms with E-state index >= 15 is 0 Å². The molecule has 5 nitrogen and oxygen atoms in total. The monoisotopic (exact) mass is 335 g/mol. The first-order chi connectivity index (χ1) is 7.99. The van der Waals surface area contributed by atoms with Gasteiger partial charge in [0, 0.05) is 10.7 Å². The number of halogens is 2. The minimum Gasteiger partial charge on any atom is -0.284 e. The highest BCUT2D eigenvalue weighted by Gasteiger charge is 2.16. The average molecular weight is 337 g/mol. The number of sulfonamides is 1. The van der Waals surface area contributed by atoms with Gasteiger partial charge >= 0.3 is 0 Å². The molecule has 1 aromatic heterocycles. The van der Waals surface area contributed by atoms with Crippen LogP contribution in [0.1, 0.15) is 0 Å². The first kappa shape index (κ1) is 12.4. The Hall–Kier alpha value is -1.05. The largest absolute Gasteiger partial charge is 0.284 e. The van der Waals surface area contributed by atoms with Crippen molar-refractivity contribution in [3.05, 3.63) is 40.1 Å². The van der Waals surface area contributed by atoms with E-state index in [1.54, 1.807) is 18.2 Å². The van der Waals surface area contributed by atoms with Crippen molar-refractivity contribution in [1.29, 1.82) is 0 Å². The molecular formula is C9H7BrClN3O2S. The number of hydrogen-bond acceptors (Lipinski definition) is 3. The third kappa shape index (κ3) is 2.80. The van der Waals surface area contributed by atoms with E-state index in [1.807, 2.05) is 0 Å². The minimum atomic E-state index is -3.66. The molecule has 0 bridgehead atoms. The highest BCUT2D eigenvalue weighted by atomic mass is 79.9. The molecule has 2 N–H and O–H groups in total. The van der Waals surface area contributed by atoms with Gasteiger partial charge in [0.05, 0.1) is 16.9 Å². The summed E-state index contributed by atoms with van der Waals surface area (Å²) >= 11 is 9.13. The molecule has 0 aliphatic carbocycles. The van der Waals surface area contributed by atoms with E-state index in [1.165, 1.54) is 12.4 Å². The van der Waals surface area contributed by atoms with E-state index < -0.39 is 10.0 Å². The Morgan fingerprint density at radius 2 is 2.18 bits per heavy atom. The Morgan fingerprint density at radius 3 is 2.82 bits per heavy atom. The molecule has 0 unspecified atom stereocenters. The summed E-state index contributed by atoms with van der Waals surface area (Å²) in [6.45, 7) is 0. The molecule has 1 heterocycles. The number of aromatic nitrogens is 2. The SMILES string of the molecule is O=S(=O)(Nc1cc(Br)ccc1Cl)c1cn[nH]c1. The highest BCUT2D eigenvalue weighted by Crippen LogP contribution is 2.27. The van der Waals surface area contributed by atoms with Gasteiger partial charge in [-0.05, 0) is 18.2 Å². The zero-order valence-corrected chi connectivity index (χ0v) is 11.5. The second kappa shape index (κ2) is 4.67. The molecule has 90 valence electrons. The molecule has 0 radical (unpaired) electrons. The molecule has 17 heavy (non-hydrogen) atoms. The first-order valence-electron chi connectivity index (χ1n) is 4.46. The van der Waals surface area contributed by atoms with Gasteiger partial charge in [-0.3, -0.25) is 9.82 Å². The van der Waals surface area contributed by atoms with Crippen LogP contribution < -0.4 is 4.72 Å². The highest BCUT2D eigenvalue weighted by molar-refractivity contribution is 9.10. The van der Waals surface area contributed by atoms with Crippen molar-refractivity contribution < 1.29 is 8.42 Å². The van der Waals surface area contributed by atoms with Crippen LogP contribution >= 0.6 is 27.5 Å². The maximum atomic E-state index is 11.9. The summed E-state index contributed by atoms with van der Waals surface area (Å²) in [6, 6.07) is 4.90. The summed E-state index contributed by atoms with van der Waals surface area (Å²) in [6.07, 6.45) is 2.50. The third-order valence-electron chi connectivity index (χ3n) is 1.96. The lowest BCUT2D eigenvalue weighted by atomic mass is 10.3. The van der Waals surface area contributed by atoms with Gasteiger partial charge in [-0.2, -0.15) is 5.10 Å². The Kier molecular flexibility index (Phi) is 3.41. The molecule has 2 aromatic rings. The standard InChI is InChI=1S/C9H7BrClN3O2S/c10-6-1-2-8(11)9(3-6)14-17(15,16)7-4-12-13-5-7/h1-5,14H,(H,12,13). The minimum absolute atomic E-state index is 0.0496. The molecule has 0 amide bonds. The van der Waals surface area contributed by atoms with Crippen molar-refractivity contribution in [3.8, 4) is 0 Å². The quantitative estimate of drug-likeness (QED) is 0.905. The normalized spacial score (nSPS) is 11.4. The van der Waals surface area contributed by atoms with Gasteiger partial charge in [0.25, 0.3) is 10.0 Å². The van der Waals surface area contributed by atoms with E-state index in [0.717, 1.165) is 4.47 Å². The van der Waals surface area contributed by atoms with Crippen LogP contribution in [0.3, 0.4) is 0 Å². The molecule has 1 aromatic carbocycles. The van der Waals surface area contributed by atoms with E-state index in [2.05, 4.69) is 30.8 Å². The maximum Gasteiger partial charge on any atom is 0.265 e. The molecule has 0 saturated carbocycles. The van der Waals surface area contributed by atoms with Crippen molar-refractivity contribution in [2.24, 2.45) is 0 Å². The summed E-state index contributed by atoms with van der Waals surface area (Å²) in [5.41, 5.74) is 0.308. The van der Waals surface area contributed by atoms with Crippen molar-refractivity contribution >= 4 is 43.2 Å². The number of benzene rings is 1. The predicted molar refractivity (Wildman–Crippen MR) is 68.5 cm³/mol. The van der Waals surface area contributed by atoms with Gasteiger partial charge in [0.15, 0.2) is 0 Å². The van der Waals surface area contributed by atoms with Crippen LogP contribution in [0.15, 0.2) is 40.0 Å². The van der Waals surface area contributed by atoms with Crippen LogP contribution in [0.5, 0.6) is 0 Å². The van der Waals surface area contributed by atoms with E-state index in [9.17, 15) is 8.42 Å². The molecule has 0 aliphatic heterocycles. The fourth-order valence-corrected chi connectivity index (χ4v) is 2.72. The summed E-state index contributed by atoms with van der Waals surface area (Å²) in [5, 5.41) is 6.34. The summed E-state index contributed by atoms with van der Waals surface area (Å²) in [5.74, 6) is 0. The van der Waals surface area contributed by atoms with Crippen molar-refractivity contribution in [2.75, 3.05) is 4.72 Å². The molecule has 0 aliphatic rings. The number of H-pyrrole nitrogens is 1. The van der Waals surface area contributed by atoms with Crippen molar-refractivity contribution in [3.63, 3.8) is 0 Å². The number of nitrogens with one attached hydrogen (secondary N) is 2.